The second-order valence-corrected chi connectivity index (χ2v) is 4.84. The first kappa shape index (κ1) is 14.2. The zero-order chi connectivity index (χ0) is 12.5. The van der Waals surface area contributed by atoms with E-state index >= 15 is 0 Å². The molecule has 0 amide bonds. The molecule has 0 saturated carbocycles. The van der Waals surface area contributed by atoms with Crippen LogP contribution in [0.1, 0.15) is 44.8 Å². The lowest BCUT2D eigenvalue weighted by Gasteiger charge is -2.09. The molecule has 1 atom stereocenters. The quantitative estimate of drug-likeness (QED) is 0.626. The summed E-state index contributed by atoms with van der Waals surface area (Å²) < 4.78 is 5.49. The molecule has 0 fully saturated rings. The highest BCUT2D eigenvalue weighted by Gasteiger charge is 2.07. The highest BCUT2D eigenvalue weighted by molar-refractivity contribution is 5.16. The van der Waals surface area contributed by atoms with Gasteiger partial charge in [-0.25, -0.2) is 5.11 Å². The minimum Gasteiger partial charge on any atom is -0.381 e. The summed E-state index contributed by atoms with van der Waals surface area (Å²) in [5.41, 5.74) is 0.884. The largest absolute Gasteiger partial charge is 0.381 e. The lowest BCUT2D eigenvalue weighted by atomic mass is 10.1. The summed E-state index contributed by atoms with van der Waals surface area (Å²) >= 11 is 0. The third-order valence-corrected chi connectivity index (χ3v) is 2.77. The molecule has 0 spiro atoms. The van der Waals surface area contributed by atoms with E-state index in [0.717, 1.165) is 25.0 Å². The molecule has 1 radical (unpaired) electrons. The Hall–Kier alpha value is -0.860. The van der Waals surface area contributed by atoms with Crippen LogP contribution in [0.15, 0.2) is 30.3 Å². The standard InChI is InChI=1S/C15H23O2/c1-13(2)10-12-17-11-6-9-15(16)14-7-4-3-5-8-14/h3-5,7-8,13,15H,6,9-12H2,1-2H3. The molecule has 0 N–H and O–H groups in total. The summed E-state index contributed by atoms with van der Waals surface area (Å²) in [4.78, 5) is 0. The average Bonchev–Trinajstić information content (AvgIpc) is 2.34. The van der Waals surface area contributed by atoms with Crippen molar-refractivity contribution in [1.29, 1.82) is 0 Å². The van der Waals surface area contributed by atoms with Crippen LogP contribution in [0.4, 0.5) is 0 Å². The van der Waals surface area contributed by atoms with E-state index in [9.17, 15) is 5.11 Å². The van der Waals surface area contributed by atoms with Gasteiger partial charge in [-0.05, 0) is 30.7 Å². The van der Waals surface area contributed by atoms with E-state index in [2.05, 4.69) is 13.8 Å². The zero-order valence-electron chi connectivity index (χ0n) is 10.9. The lowest BCUT2D eigenvalue weighted by molar-refractivity contribution is 0.0610. The Kier molecular flexibility index (Phi) is 6.90. The molecule has 95 valence electrons. The van der Waals surface area contributed by atoms with Gasteiger partial charge in [-0.3, -0.25) is 0 Å². The summed E-state index contributed by atoms with van der Waals surface area (Å²) in [6.07, 6.45) is 2.00. The van der Waals surface area contributed by atoms with Crippen molar-refractivity contribution in [3.05, 3.63) is 35.9 Å². The third kappa shape index (κ3) is 6.44. The Morgan fingerprint density at radius 2 is 1.76 bits per heavy atom. The van der Waals surface area contributed by atoms with E-state index in [1.807, 2.05) is 30.3 Å². The third-order valence-electron chi connectivity index (χ3n) is 2.77. The highest BCUT2D eigenvalue weighted by Crippen LogP contribution is 2.18. The lowest BCUT2D eigenvalue weighted by Crippen LogP contribution is -2.02. The Morgan fingerprint density at radius 1 is 1.06 bits per heavy atom. The van der Waals surface area contributed by atoms with Gasteiger partial charge >= 0.3 is 0 Å². The maximum absolute atomic E-state index is 11.8. The van der Waals surface area contributed by atoms with Crippen LogP contribution in [-0.4, -0.2) is 13.2 Å². The van der Waals surface area contributed by atoms with Gasteiger partial charge in [0, 0.05) is 13.2 Å². The highest BCUT2D eigenvalue weighted by atomic mass is 16.5. The van der Waals surface area contributed by atoms with Gasteiger partial charge in [0.1, 0.15) is 6.10 Å². The van der Waals surface area contributed by atoms with Crippen LogP contribution in [0.3, 0.4) is 0 Å². The molecule has 0 aliphatic rings. The van der Waals surface area contributed by atoms with Gasteiger partial charge in [-0.2, -0.15) is 0 Å². The van der Waals surface area contributed by atoms with Crippen LogP contribution in [0.25, 0.3) is 0 Å². The SMILES string of the molecule is CC(C)CCOCCCC([O])c1ccccc1. The Morgan fingerprint density at radius 3 is 2.41 bits per heavy atom. The minimum absolute atomic E-state index is 0.607. The zero-order valence-corrected chi connectivity index (χ0v) is 10.9. The Labute approximate surface area is 105 Å². The fraction of sp³-hybridized carbons (Fsp3) is 0.600. The van der Waals surface area contributed by atoms with Gasteiger partial charge in [0.05, 0.1) is 0 Å². The number of hydrogen-bond acceptors (Lipinski definition) is 1. The van der Waals surface area contributed by atoms with Crippen molar-refractivity contribution in [3.8, 4) is 0 Å². The number of rotatable bonds is 8. The van der Waals surface area contributed by atoms with E-state index in [-0.39, 0.29) is 0 Å². The minimum atomic E-state index is -0.607. The van der Waals surface area contributed by atoms with Crippen LogP contribution in [0, 0.1) is 5.92 Å². The summed E-state index contributed by atoms with van der Waals surface area (Å²) in [6, 6.07) is 9.57. The molecular weight excluding hydrogens is 212 g/mol. The average molecular weight is 235 g/mol. The first-order valence-electron chi connectivity index (χ1n) is 6.48. The van der Waals surface area contributed by atoms with E-state index in [1.165, 1.54) is 0 Å². The molecule has 0 bridgehead atoms. The Bertz CT molecular complexity index is 282. The smallest absolute Gasteiger partial charge is 0.118 e. The van der Waals surface area contributed by atoms with Gasteiger partial charge in [0.2, 0.25) is 0 Å². The maximum Gasteiger partial charge on any atom is 0.118 e. The van der Waals surface area contributed by atoms with Crippen LogP contribution < -0.4 is 0 Å². The molecule has 1 rings (SSSR count). The molecule has 2 nitrogen and oxygen atoms in total. The number of hydrogen-bond donors (Lipinski definition) is 0. The van der Waals surface area contributed by atoms with Crippen molar-refractivity contribution >= 4 is 0 Å². The van der Waals surface area contributed by atoms with Crippen molar-refractivity contribution in [2.45, 2.75) is 39.2 Å². The van der Waals surface area contributed by atoms with Crippen LogP contribution >= 0.6 is 0 Å². The van der Waals surface area contributed by atoms with E-state index in [1.54, 1.807) is 0 Å². The topological polar surface area (TPSA) is 29.1 Å². The molecule has 1 aromatic carbocycles. The van der Waals surface area contributed by atoms with Crippen molar-refractivity contribution in [3.63, 3.8) is 0 Å². The van der Waals surface area contributed by atoms with Gasteiger partial charge in [0.15, 0.2) is 0 Å². The first-order valence-corrected chi connectivity index (χ1v) is 6.48. The second kappa shape index (κ2) is 8.26. The van der Waals surface area contributed by atoms with Gasteiger partial charge in [-0.1, -0.05) is 44.2 Å². The van der Waals surface area contributed by atoms with Crippen LogP contribution in [-0.2, 0) is 9.84 Å². The summed E-state index contributed by atoms with van der Waals surface area (Å²) in [6.45, 7) is 5.89. The maximum atomic E-state index is 11.8. The number of benzene rings is 1. The van der Waals surface area contributed by atoms with E-state index < -0.39 is 6.10 Å². The molecule has 0 aliphatic heterocycles. The molecule has 0 saturated heterocycles. The fourth-order valence-corrected chi connectivity index (χ4v) is 1.63. The van der Waals surface area contributed by atoms with Crippen LogP contribution in [0.2, 0.25) is 0 Å². The van der Waals surface area contributed by atoms with Crippen LogP contribution in [0.5, 0.6) is 0 Å². The second-order valence-electron chi connectivity index (χ2n) is 4.84. The number of ether oxygens (including phenoxy) is 1. The predicted octanol–water partition coefficient (Wildman–Crippen LogP) is 4.00. The molecular formula is C15H23O2. The monoisotopic (exact) mass is 235 g/mol. The molecule has 0 aliphatic carbocycles. The molecule has 17 heavy (non-hydrogen) atoms. The normalized spacial score (nSPS) is 12.9. The molecule has 0 aromatic heterocycles. The van der Waals surface area contributed by atoms with E-state index in [4.69, 9.17) is 4.74 Å². The van der Waals surface area contributed by atoms with Crippen molar-refractivity contribution in [2.75, 3.05) is 13.2 Å². The molecule has 2 heteroatoms. The Balaban J connectivity index is 2.07. The summed E-state index contributed by atoms with van der Waals surface area (Å²) in [5.74, 6) is 0.687. The van der Waals surface area contributed by atoms with Gasteiger partial charge in [-0.15, -0.1) is 0 Å². The van der Waals surface area contributed by atoms with Gasteiger partial charge < -0.3 is 4.74 Å². The fourth-order valence-electron chi connectivity index (χ4n) is 1.63. The van der Waals surface area contributed by atoms with E-state index in [0.29, 0.717) is 18.9 Å². The molecule has 1 unspecified atom stereocenters. The summed E-state index contributed by atoms with van der Waals surface area (Å²) in [7, 11) is 0. The predicted molar refractivity (Wildman–Crippen MR) is 69.4 cm³/mol. The van der Waals surface area contributed by atoms with Crippen molar-refractivity contribution in [2.24, 2.45) is 5.92 Å². The van der Waals surface area contributed by atoms with Crippen molar-refractivity contribution < 1.29 is 9.84 Å². The van der Waals surface area contributed by atoms with Gasteiger partial charge in [0.25, 0.3) is 0 Å². The molecule has 1 aromatic rings. The first-order chi connectivity index (χ1) is 8.20. The molecule has 0 heterocycles. The summed E-state index contributed by atoms with van der Waals surface area (Å²) in [5, 5.41) is 11.8. The van der Waals surface area contributed by atoms with Crippen molar-refractivity contribution in [1.82, 2.24) is 0 Å².